The monoisotopic (exact) mass is 575 g/mol. The van der Waals surface area contributed by atoms with Crippen molar-refractivity contribution in [2.75, 3.05) is 10.8 Å². The Morgan fingerprint density at radius 2 is 1.42 bits per heavy atom. The second-order valence-corrected chi connectivity index (χ2v) is 12.6. The summed E-state index contributed by atoms with van der Waals surface area (Å²) < 4.78 is 28.5. The first-order valence-electron chi connectivity index (χ1n) is 12.0. The van der Waals surface area contributed by atoms with Crippen molar-refractivity contribution in [1.29, 1.82) is 0 Å². The Balaban J connectivity index is 2.05. The number of nitrogens with one attached hydrogen (secondary N) is 1. The molecule has 1 atom stereocenters. The molecule has 0 saturated heterocycles. The lowest BCUT2D eigenvalue weighted by molar-refractivity contribution is -0.140. The van der Waals surface area contributed by atoms with Crippen LogP contribution in [-0.2, 0) is 26.2 Å². The quantitative estimate of drug-likeness (QED) is 0.364. The lowest BCUT2D eigenvalue weighted by Gasteiger charge is -2.33. The van der Waals surface area contributed by atoms with Crippen LogP contribution in [0.4, 0.5) is 5.69 Å². The van der Waals surface area contributed by atoms with E-state index in [1.807, 2.05) is 51.1 Å². The van der Waals surface area contributed by atoms with Gasteiger partial charge >= 0.3 is 0 Å². The normalized spacial score (nSPS) is 12.5. The van der Waals surface area contributed by atoms with Gasteiger partial charge in [0, 0.05) is 22.1 Å². The Bertz CT molecular complexity index is 1360. The third-order valence-electron chi connectivity index (χ3n) is 5.61. The van der Waals surface area contributed by atoms with Crippen molar-refractivity contribution in [2.45, 2.75) is 50.7 Å². The van der Waals surface area contributed by atoms with E-state index in [4.69, 9.17) is 23.2 Å². The molecule has 10 heteroatoms. The molecule has 0 radical (unpaired) electrons. The van der Waals surface area contributed by atoms with Crippen LogP contribution >= 0.6 is 23.2 Å². The zero-order valence-electron chi connectivity index (χ0n) is 21.7. The van der Waals surface area contributed by atoms with Gasteiger partial charge in [-0.15, -0.1) is 0 Å². The molecule has 2 amide bonds. The van der Waals surface area contributed by atoms with E-state index in [2.05, 4.69) is 5.32 Å². The average Bonchev–Trinajstić information content (AvgIpc) is 2.84. The van der Waals surface area contributed by atoms with Gasteiger partial charge in [0.2, 0.25) is 11.8 Å². The number of carbonyl (C=O) groups excluding carboxylic acids is 2. The summed E-state index contributed by atoms with van der Waals surface area (Å²) in [6.45, 7) is 6.68. The van der Waals surface area contributed by atoms with Gasteiger partial charge in [0.15, 0.2) is 0 Å². The minimum atomic E-state index is -4.20. The number of nitrogens with zero attached hydrogens (tertiary/aromatic N) is 2. The third-order valence-corrected chi connectivity index (χ3v) is 7.83. The van der Waals surface area contributed by atoms with Gasteiger partial charge in [0.1, 0.15) is 12.6 Å². The first-order valence-corrected chi connectivity index (χ1v) is 14.2. The molecule has 3 aromatic carbocycles. The first kappa shape index (κ1) is 29.5. The SMILES string of the molecule is C[C@H](C(=O)NC(C)(C)C)N(Cc1ccccc1)C(=O)CN(c1cc(Cl)cc(Cl)c1)S(=O)(=O)c1ccccc1. The van der Waals surface area contributed by atoms with Crippen LogP contribution in [0.15, 0.2) is 83.8 Å². The van der Waals surface area contributed by atoms with Crippen LogP contribution in [0.25, 0.3) is 0 Å². The highest BCUT2D eigenvalue weighted by molar-refractivity contribution is 7.92. The molecule has 0 heterocycles. The molecule has 38 heavy (non-hydrogen) atoms. The first-order chi connectivity index (χ1) is 17.8. The Labute approximate surface area is 234 Å². The highest BCUT2D eigenvalue weighted by Gasteiger charge is 2.33. The van der Waals surface area contributed by atoms with Crippen molar-refractivity contribution < 1.29 is 18.0 Å². The molecular formula is C28H31Cl2N3O4S. The highest BCUT2D eigenvalue weighted by atomic mass is 35.5. The number of anilines is 1. The second-order valence-electron chi connectivity index (χ2n) is 9.87. The Morgan fingerprint density at radius 1 is 0.895 bits per heavy atom. The molecule has 1 N–H and O–H groups in total. The molecule has 7 nitrogen and oxygen atoms in total. The minimum Gasteiger partial charge on any atom is -0.350 e. The molecule has 0 aromatic heterocycles. The molecule has 202 valence electrons. The van der Waals surface area contributed by atoms with Crippen LogP contribution in [0.2, 0.25) is 10.0 Å². The van der Waals surface area contributed by atoms with Crippen LogP contribution in [0.5, 0.6) is 0 Å². The summed E-state index contributed by atoms with van der Waals surface area (Å²) in [6, 6.07) is 20.4. The standard InChI is InChI=1S/C28H31Cl2N3O4S/c1-20(27(35)31-28(2,3)4)32(18-21-11-7-5-8-12-21)26(34)19-33(24-16-22(29)15-23(30)17-24)38(36,37)25-13-9-6-10-14-25/h5-17,20H,18-19H2,1-4H3,(H,31,35)/t20-/m1/s1. The number of rotatable bonds is 9. The molecule has 0 unspecified atom stereocenters. The maximum Gasteiger partial charge on any atom is 0.264 e. The number of hydrogen-bond donors (Lipinski definition) is 1. The fraction of sp³-hybridized carbons (Fsp3) is 0.286. The van der Waals surface area contributed by atoms with Gasteiger partial charge in [0.05, 0.1) is 10.6 Å². The summed E-state index contributed by atoms with van der Waals surface area (Å²) >= 11 is 12.4. The highest BCUT2D eigenvalue weighted by Crippen LogP contribution is 2.30. The Hall–Kier alpha value is -3.07. The summed E-state index contributed by atoms with van der Waals surface area (Å²) in [5, 5.41) is 3.33. The largest absolute Gasteiger partial charge is 0.350 e. The Kier molecular flexibility index (Phi) is 9.46. The summed E-state index contributed by atoms with van der Waals surface area (Å²) in [4.78, 5) is 28.3. The molecule has 0 saturated carbocycles. The summed E-state index contributed by atoms with van der Waals surface area (Å²) in [7, 11) is -4.20. The number of carbonyl (C=O) groups is 2. The maximum absolute atomic E-state index is 13.9. The fourth-order valence-electron chi connectivity index (χ4n) is 3.77. The van der Waals surface area contributed by atoms with Crippen molar-refractivity contribution in [2.24, 2.45) is 0 Å². The third kappa shape index (κ3) is 7.72. The molecule has 0 spiro atoms. The minimum absolute atomic E-state index is 0.00275. The number of benzene rings is 3. The van der Waals surface area contributed by atoms with Gasteiger partial charge in [-0.25, -0.2) is 8.42 Å². The van der Waals surface area contributed by atoms with E-state index >= 15 is 0 Å². The van der Waals surface area contributed by atoms with Crippen LogP contribution in [-0.4, -0.2) is 43.3 Å². The van der Waals surface area contributed by atoms with E-state index in [1.165, 1.54) is 35.2 Å². The van der Waals surface area contributed by atoms with E-state index in [0.717, 1.165) is 9.87 Å². The van der Waals surface area contributed by atoms with Crippen LogP contribution in [0, 0.1) is 0 Å². The van der Waals surface area contributed by atoms with E-state index in [0.29, 0.717) is 0 Å². The molecule has 0 aliphatic carbocycles. The molecule has 0 fully saturated rings. The zero-order valence-corrected chi connectivity index (χ0v) is 24.0. The second kappa shape index (κ2) is 12.2. The van der Waals surface area contributed by atoms with Crippen molar-refractivity contribution in [1.82, 2.24) is 10.2 Å². The molecule has 0 aliphatic rings. The van der Waals surface area contributed by atoms with E-state index in [9.17, 15) is 18.0 Å². The van der Waals surface area contributed by atoms with Crippen molar-refractivity contribution in [3.63, 3.8) is 0 Å². The molecule has 0 aliphatic heterocycles. The van der Waals surface area contributed by atoms with E-state index in [1.54, 1.807) is 25.1 Å². The topological polar surface area (TPSA) is 86.8 Å². The summed E-state index contributed by atoms with van der Waals surface area (Å²) in [5.41, 5.74) is 0.401. The maximum atomic E-state index is 13.9. The van der Waals surface area contributed by atoms with Crippen LogP contribution in [0.1, 0.15) is 33.3 Å². The van der Waals surface area contributed by atoms with Gasteiger partial charge in [-0.3, -0.25) is 13.9 Å². The van der Waals surface area contributed by atoms with Crippen molar-refractivity contribution >= 4 is 50.7 Å². The molecule has 0 bridgehead atoms. The summed E-state index contributed by atoms with van der Waals surface area (Å²) in [5.74, 6) is -0.925. The van der Waals surface area contributed by atoms with Gasteiger partial charge in [-0.05, 0) is 63.6 Å². The van der Waals surface area contributed by atoms with E-state index < -0.39 is 34.1 Å². The predicted octanol–water partition coefficient (Wildman–Crippen LogP) is 5.52. The van der Waals surface area contributed by atoms with Crippen molar-refractivity contribution in [3.8, 4) is 0 Å². The van der Waals surface area contributed by atoms with Gasteiger partial charge in [-0.1, -0.05) is 71.7 Å². The predicted molar refractivity (Wildman–Crippen MR) is 152 cm³/mol. The van der Waals surface area contributed by atoms with Crippen LogP contribution < -0.4 is 9.62 Å². The van der Waals surface area contributed by atoms with Gasteiger partial charge in [0.25, 0.3) is 10.0 Å². The molecule has 3 aromatic rings. The number of amides is 2. The fourth-order valence-corrected chi connectivity index (χ4v) is 5.70. The smallest absolute Gasteiger partial charge is 0.264 e. The number of halogens is 2. The number of sulfonamides is 1. The summed E-state index contributed by atoms with van der Waals surface area (Å²) in [6.07, 6.45) is 0. The zero-order chi connectivity index (χ0) is 28.1. The lowest BCUT2D eigenvalue weighted by atomic mass is 10.1. The van der Waals surface area contributed by atoms with Gasteiger partial charge in [-0.2, -0.15) is 0 Å². The lowest BCUT2D eigenvalue weighted by Crippen LogP contribution is -2.54. The Morgan fingerprint density at radius 3 is 1.95 bits per heavy atom. The average molecular weight is 577 g/mol. The van der Waals surface area contributed by atoms with Crippen molar-refractivity contribution in [3.05, 3.63) is 94.5 Å². The molecular weight excluding hydrogens is 545 g/mol. The molecule has 3 rings (SSSR count). The van der Waals surface area contributed by atoms with Crippen LogP contribution in [0.3, 0.4) is 0 Å². The van der Waals surface area contributed by atoms with E-state index in [-0.39, 0.29) is 33.1 Å². The van der Waals surface area contributed by atoms with Gasteiger partial charge < -0.3 is 10.2 Å². The number of hydrogen-bond acceptors (Lipinski definition) is 4.